The van der Waals surface area contributed by atoms with Gasteiger partial charge in [0.25, 0.3) is 0 Å². The lowest BCUT2D eigenvalue weighted by molar-refractivity contribution is 0.102. The lowest BCUT2D eigenvalue weighted by atomic mass is 9.79. The Morgan fingerprint density at radius 3 is 2.92 bits per heavy atom. The number of hydrogen-bond acceptors (Lipinski definition) is 1. The maximum absolute atomic E-state index is 4.17. The summed E-state index contributed by atoms with van der Waals surface area (Å²) in [7, 11) is 0. The Hall–Kier alpha value is -0.0400. The van der Waals surface area contributed by atoms with Crippen molar-refractivity contribution in [3.05, 3.63) is 6.92 Å². The largest absolute Gasteiger partial charge is 0.300 e. The minimum Gasteiger partial charge on any atom is -0.300 e. The smallest absolute Gasteiger partial charge is 0.0104 e. The summed E-state index contributed by atoms with van der Waals surface area (Å²) in [6, 6.07) is 0.858. The zero-order valence-corrected chi connectivity index (χ0v) is 8.34. The minimum atomic E-state index is 0.589. The van der Waals surface area contributed by atoms with E-state index >= 15 is 0 Å². The van der Waals surface area contributed by atoms with Crippen LogP contribution in [0.25, 0.3) is 0 Å². The van der Waals surface area contributed by atoms with Crippen molar-refractivity contribution in [1.82, 2.24) is 4.90 Å². The zero-order chi connectivity index (χ0) is 8.77. The average Bonchev–Trinajstić information content (AvgIpc) is 2.26. The summed E-state index contributed by atoms with van der Waals surface area (Å²) in [5.74, 6) is 0.698. The van der Waals surface area contributed by atoms with Gasteiger partial charge in [0.1, 0.15) is 0 Å². The highest BCUT2D eigenvalue weighted by Gasteiger charge is 2.37. The van der Waals surface area contributed by atoms with Crippen molar-refractivity contribution < 1.29 is 0 Å². The number of piperidine rings is 1. The average molecular weight is 166 g/mol. The fraction of sp³-hybridized carbons (Fsp3) is 0.909. The molecule has 0 amide bonds. The van der Waals surface area contributed by atoms with E-state index in [1.807, 2.05) is 0 Å². The molecular weight excluding hydrogens is 146 g/mol. The standard InChI is InChI=1S/C11H20N/c1-9-6-10-7-11(2,3)4-5-12(10)8-9/h9-10H,1,4-8H2,2-3H3/t9-,10-/m0/s1. The monoisotopic (exact) mass is 166 g/mol. The topological polar surface area (TPSA) is 3.24 Å². The van der Waals surface area contributed by atoms with Gasteiger partial charge in [-0.25, -0.2) is 0 Å². The van der Waals surface area contributed by atoms with E-state index in [4.69, 9.17) is 0 Å². The molecule has 1 nitrogen and oxygen atoms in total. The highest BCUT2D eigenvalue weighted by molar-refractivity contribution is 4.93. The Balaban J connectivity index is 2.02. The van der Waals surface area contributed by atoms with Crippen LogP contribution >= 0.6 is 0 Å². The summed E-state index contributed by atoms with van der Waals surface area (Å²) in [5.41, 5.74) is 0.589. The Morgan fingerprint density at radius 1 is 1.42 bits per heavy atom. The SMILES string of the molecule is [CH2][C@H]1C[C@H]2CC(C)(C)CCN2C1. The molecular formula is C11H20N. The number of fused-ring (bicyclic) bond motifs is 1. The molecule has 0 bridgehead atoms. The van der Waals surface area contributed by atoms with Gasteiger partial charge in [-0.05, 0) is 44.1 Å². The van der Waals surface area contributed by atoms with Gasteiger partial charge in [0, 0.05) is 12.6 Å². The Bertz CT molecular complexity index is 174. The summed E-state index contributed by atoms with van der Waals surface area (Å²) in [6.45, 7) is 11.5. The van der Waals surface area contributed by atoms with Gasteiger partial charge in [0.05, 0.1) is 0 Å². The summed E-state index contributed by atoms with van der Waals surface area (Å²) >= 11 is 0. The quantitative estimate of drug-likeness (QED) is 0.534. The number of rotatable bonds is 0. The van der Waals surface area contributed by atoms with E-state index in [-0.39, 0.29) is 0 Å². The van der Waals surface area contributed by atoms with Crippen LogP contribution in [-0.4, -0.2) is 24.0 Å². The molecule has 0 spiro atoms. The molecule has 0 N–H and O–H groups in total. The lowest BCUT2D eigenvalue weighted by Gasteiger charge is -2.39. The molecule has 0 aromatic carbocycles. The maximum atomic E-state index is 4.17. The summed E-state index contributed by atoms with van der Waals surface area (Å²) in [4.78, 5) is 2.64. The van der Waals surface area contributed by atoms with Crippen molar-refractivity contribution in [2.45, 2.75) is 39.2 Å². The van der Waals surface area contributed by atoms with E-state index in [1.54, 1.807) is 0 Å². The first-order chi connectivity index (χ1) is 5.57. The van der Waals surface area contributed by atoms with Gasteiger partial charge in [0.15, 0.2) is 0 Å². The molecule has 0 aromatic rings. The highest BCUT2D eigenvalue weighted by Crippen LogP contribution is 2.39. The molecule has 0 aromatic heterocycles. The summed E-state index contributed by atoms with van der Waals surface area (Å²) < 4.78 is 0. The molecule has 69 valence electrons. The van der Waals surface area contributed by atoms with Crippen molar-refractivity contribution in [2.75, 3.05) is 13.1 Å². The fourth-order valence-corrected chi connectivity index (χ4v) is 2.76. The van der Waals surface area contributed by atoms with E-state index in [1.165, 1.54) is 32.4 Å². The van der Waals surface area contributed by atoms with E-state index in [0.717, 1.165) is 6.04 Å². The summed E-state index contributed by atoms with van der Waals surface area (Å²) in [6.07, 6.45) is 4.10. The first kappa shape index (κ1) is 8.55. The second-order valence-electron chi connectivity index (χ2n) is 5.37. The van der Waals surface area contributed by atoms with Crippen LogP contribution in [0.2, 0.25) is 0 Å². The molecule has 2 aliphatic rings. The molecule has 2 saturated heterocycles. The second-order valence-corrected chi connectivity index (χ2v) is 5.37. The summed E-state index contributed by atoms with van der Waals surface area (Å²) in [5, 5.41) is 0. The zero-order valence-electron chi connectivity index (χ0n) is 8.34. The third-order valence-corrected chi connectivity index (χ3v) is 3.48. The van der Waals surface area contributed by atoms with Crippen molar-refractivity contribution >= 4 is 0 Å². The molecule has 0 unspecified atom stereocenters. The number of hydrogen-bond donors (Lipinski definition) is 0. The molecule has 1 radical (unpaired) electrons. The predicted molar refractivity (Wildman–Crippen MR) is 51.8 cm³/mol. The van der Waals surface area contributed by atoms with Crippen molar-refractivity contribution in [3.63, 3.8) is 0 Å². The van der Waals surface area contributed by atoms with Gasteiger partial charge in [-0.15, -0.1) is 0 Å². The highest BCUT2D eigenvalue weighted by atomic mass is 15.2. The van der Waals surface area contributed by atoms with E-state index in [0.29, 0.717) is 11.3 Å². The normalized spacial score (nSPS) is 41.2. The molecule has 2 aliphatic heterocycles. The van der Waals surface area contributed by atoms with Crippen LogP contribution in [0.1, 0.15) is 33.1 Å². The molecule has 0 aliphatic carbocycles. The van der Waals surface area contributed by atoms with Gasteiger partial charge < -0.3 is 4.90 Å². The predicted octanol–water partition coefficient (Wildman–Crippen LogP) is 2.33. The Morgan fingerprint density at radius 2 is 2.17 bits per heavy atom. The second kappa shape index (κ2) is 2.73. The van der Waals surface area contributed by atoms with Gasteiger partial charge in [0.2, 0.25) is 0 Å². The minimum absolute atomic E-state index is 0.589. The maximum Gasteiger partial charge on any atom is 0.0104 e. The van der Waals surface area contributed by atoms with Gasteiger partial charge in [-0.1, -0.05) is 13.8 Å². The molecule has 2 rings (SSSR count). The molecule has 12 heavy (non-hydrogen) atoms. The van der Waals surface area contributed by atoms with Crippen LogP contribution in [0.3, 0.4) is 0 Å². The van der Waals surface area contributed by atoms with Crippen LogP contribution in [-0.2, 0) is 0 Å². The molecule has 2 atom stereocenters. The first-order valence-electron chi connectivity index (χ1n) is 5.14. The van der Waals surface area contributed by atoms with Crippen LogP contribution in [0.4, 0.5) is 0 Å². The van der Waals surface area contributed by atoms with Crippen LogP contribution in [0, 0.1) is 18.3 Å². The third-order valence-electron chi connectivity index (χ3n) is 3.48. The molecule has 2 heterocycles. The lowest BCUT2D eigenvalue weighted by Crippen LogP contribution is -2.41. The van der Waals surface area contributed by atoms with Gasteiger partial charge in [-0.2, -0.15) is 0 Å². The Labute approximate surface area is 76.1 Å². The van der Waals surface area contributed by atoms with Crippen LogP contribution < -0.4 is 0 Å². The molecule has 2 fully saturated rings. The van der Waals surface area contributed by atoms with Gasteiger partial charge >= 0.3 is 0 Å². The van der Waals surface area contributed by atoms with E-state index in [9.17, 15) is 0 Å². The van der Waals surface area contributed by atoms with E-state index in [2.05, 4.69) is 25.7 Å². The van der Waals surface area contributed by atoms with Crippen molar-refractivity contribution in [1.29, 1.82) is 0 Å². The Kier molecular flexibility index (Phi) is 1.95. The fourth-order valence-electron chi connectivity index (χ4n) is 2.76. The van der Waals surface area contributed by atoms with Gasteiger partial charge in [-0.3, -0.25) is 0 Å². The van der Waals surface area contributed by atoms with E-state index < -0.39 is 0 Å². The van der Waals surface area contributed by atoms with Crippen molar-refractivity contribution in [3.8, 4) is 0 Å². The van der Waals surface area contributed by atoms with Crippen LogP contribution in [0.15, 0.2) is 0 Å². The first-order valence-corrected chi connectivity index (χ1v) is 5.14. The molecule has 1 heteroatoms. The third kappa shape index (κ3) is 1.52. The van der Waals surface area contributed by atoms with Crippen molar-refractivity contribution in [2.24, 2.45) is 11.3 Å². The molecule has 0 saturated carbocycles. The number of nitrogens with zero attached hydrogens (tertiary/aromatic N) is 1. The van der Waals surface area contributed by atoms with Crippen LogP contribution in [0.5, 0.6) is 0 Å².